The lowest BCUT2D eigenvalue weighted by atomic mass is 10.0. The molecular weight excluding hydrogens is 324 g/mol. The molecule has 0 atom stereocenters. The van der Waals surface area contributed by atoms with Gasteiger partial charge in [-0.1, -0.05) is 30.3 Å². The maximum Gasteiger partial charge on any atom is 0.236 e. The lowest BCUT2D eigenvalue weighted by Gasteiger charge is -2.39. The van der Waals surface area contributed by atoms with Crippen molar-refractivity contribution < 1.29 is 13.2 Å². The molecule has 0 saturated carbocycles. The zero-order valence-electron chi connectivity index (χ0n) is 14.4. The number of hydrogen-bond donors (Lipinski definition) is 0. The first-order valence-electron chi connectivity index (χ1n) is 8.47. The van der Waals surface area contributed by atoms with E-state index in [-0.39, 0.29) is 5.54 Å². The summed E-state index contributed by atoms with van der Waals surface area (Å²) in [5, 5.41) is 1.39. The van der Waals surface area contributed by atoms with E-state index in [4.69, 9.17) is 4.74 Å². The second-order valence-electron chi connectivity index (χ2n) is 6.95. The van der Waals surface area contributed by atoms with Gasteiger partial charge in [0.05, 0.1) is 13.2 Å². The summed E-state index contributed by atoms with van der Waals surface area (Å²) >= 11 is 0. The Hall–Kier alpha value is -1.21. The van der Waals surface area contributed by atoms with Crippen molar-refractivity contribution >= 4 is 10.0 Å². The van der Waals surface area contributed by atoms with Gasteiger partial charge in [-0.3, -0.25) is 4.90 Å². The van der Waals surface area contributed by atoms with Crippen LogP contribution in [0.4, 0.5) is 0 Å². The number of rotatable bonds is 4. The number of fused-ring (bicyclic) bond motifs is 1. The first-order valence-corrected chi connectivity index (χ1v) is 9.98. The van der Waals surface area contributed by atoms with Crippen molar-refractivity contribution in [2.45, 2.75) is 32.4 Å². The van der Waals surface area contributed by atoms with Crippen LogP contribution in [0.25, 0.3) is 0 Å². The second-order valence-corrected chi connectivity index (χ2v) is 8.77. The van der Waals surface area contributed by atoms with Crippen LogP contribution in [0.3, 0.4) is 0 Å². The molecule has 1 aromatic rings. The Bertz CT molecular complexity index is 707. The topological polar surface area (TPSA) is 49.9 Å². The Kier molecular flexibility index (Phi) is 5.11. The average Bonchev–Trinajstić information content (AvgIpc) is 2.60. The van der Waals surface area contributed by atoms with Gasteiger partial charge in [0.25, 0.3) is 0 Å². The van der Waals surface area contributed by atoms with Crippen molar-refractivity contribution in [3.8, 4) is 0 Å². The minimum absolute atomic E-state index is 0.301. The fourth-order valence-corrected chi connectivity index (χ4v) is 4.61. The highest BCUT2D eigenvalue weighted by Gasteiger charge is 2.28. The Morgan fingerprint density at radius 2 is 1.75 bits per heavy atom. The predicted molar refractivity (Wildman–Crippen MR) is 95.1 cm³/mol. The third-order valence-electron chi connectivity index (χ3n) is 4.93. The van der Waals surface area contributed by atoms with Crippen LogP contribution in [0, 0.1) is 0 Å². The number of morpholine rings is 1. The smallest absolute Gasteiger partial charge is 0.236 e. The largest absolute Gasteiger partial charge is 0.379 e. The Morgan fingerprint density at radius 1 is 1.08 bits per heavy atom. The van der Waals surface area contributed by atoms with E-state index in [1.807, 2.05) is 24.3 Å². The van der Waals surface area contributed by atoms with Crippen molar-refractivity contribution in [1.29, 1.82) is 0 Å². The Labute approximate surface area is 145 Å². The average molecular weight is 350 g/mol. The molecule has 2 aliphatic heterocycles. The number of benzene rings is 1. The zero-order valence-corrected chi connectivity index (χ0v) is 15.3. The third-order valence-corrected chi connectivity index (χ3v) is 6.44. The number of nitrogens with zero attached hydrogens (tertiary/aromatic N) is 2. The molecule has 0 bridgehead atoms. The lowest BCUT2D eigenvalue weighted by Crippen LogP contribution is -2.48. The number of sulfonamides is 1. The minimum Gasteiger partial charge on any atom is -0.379 e. The van der Waals surface area contributed by atoms with E-state index < -0.39 is 10.0 Å². The van der Waals surface area contributed by atoms with Crippen molar-refractivity contribution in [3.05, 3.63) is 46.9 Å². The summed E-state index contributed by atoms with van der Waals surface area (Å²) in [5.41, 5.74) is 2.06. The predicted octanol–water partition coefficient (Wildman–Crippen LogP) is 2.00. The van der Waals surface area contributed by atoms with Crippen molar-refractivity contribution in [3.63, 3.8) is 0 Å². The van der Waals surface area contributed by atoms with E-state index in [0.717, 1.165) is 25.1 Å². The molecule has 0 radical (unpaired) electrons. The van der Waals surface area contributed by atoms with Crippen LogP contribution in [0.15, 0.2) is 35.7 Å². The quantitative estimate of drug-likeness (QED) is 0.833. The molecule has 1 saturated heterocycles. The van der Waals surface area contributed by atoms with E-state index >= 15 is 0 Å². The van der Waals surface area contributed by atoms with Gasteiger partial charge in [0, 0.05) is 37.1 Å². The van der Waals surface area contributed by atoms with Crippen molar-refractivity contribution in [2.24, 2.45) is 0 Å². The summed E-state index contributed by atoms with van der Waals surface area (Å²) < 4.78 is 32.4. The molecule has 1 fully saturated rings. The highest BCUT2D eigenvalue weighted by Crippen LogP contribution is 2.23. The fourth-order valence-electron chi connectivity index (χ4n) is 3.27. The molecule has 0 spiro atoms. The van der Waals surface area contributed by atoms with Gasteiger partial charge in [0.15, 0.2) is 0 Å². The molecular formula is C18H26N2O3S. The molecule has 6 heteroatoms. The molecule has 1 aromatic carbocycles. The van der Waals surface area contributed by atoms with Gasteiger partial charge >= 0.3 is 0 Å². The number of ether oxygens (including phenoxy) is 1. The monoisotopic (exact) mass is 350 g/mol. The van der Waals surface area contributed by atoms with Gasteiger partial charge in [0.1, 0.15) is 0 Å². The molecule has 132 valence electrons. The third kappa shape index (κ3) is 3.88. The van der Waals surface area contributed by atoms with E-state index in [2.05, 4.69) is 24.8 Å². The standard InChI is InChI=1S/C18H26N2O3S/c1-18(2,19-10-12-23-13-11-19)8-14-24(21,22)20-9-7-16-5-3-4-6-17(16)15-20/h3-6,8,14H,7,9-13,15H2,1-2H3/b14-8+. The summed E-state index contributed by atoms with van der Waals surface area (Å²) in [6.45, 7) is 8.16. The van der Waals surface area contributed by atoms with Crippen LogP contribution in [-0.2, 0) is 27.7 Å². The van der Waals surface area contributed by atoms with Crippen LogP contribution >= 0.6 is 0 Å². The van der Waals surface area contributed by atoms with Crippen LogP contribution in [-0.4, -0.2) is 56.0 Å². The highest BCUT2D eigenvalue weighted by molar-refractivity contribution is 7.92. The van der Waals surface area contributed by atoms with E-state index in [0.29, 0.717) is 26.3 Å². The molecule has 24 heavy (non-hydrogen) atoms. The van der Waals surface area contributed by atoms with Gasteiger partial charge in [-0.2, -0.15) is 4.31 Å². The van der Waals surface area contributed by atoms with Gasteiger partial charge in [-0.05, 0) is 31.4 Å². The van der Waals surface area contributed by atoms with Crippen LogP contribution in [0.1, 0.15) is 25.0 Å². The van der Waals surface area contributed by atoms with Crippen LogP contribution < -0.4 is 0 Å². The summed E-state index contributed by atoms with van der Waals surface area (Å²) in [6, 6.07) is 8.06. The zero-order chi connectivity index (χ0) is 17.2. The maximum atomic E-state index is 12.7. The molecule has 2 aliphatic rings. The Morgan fingerprint density at radius 3 is 2.46 bits per heavy atom. The fraction of sp³-hybridized carbons (Fsp3) is 0.556. The van der Waals surface area contributed by atoms with E-state index in [1.165, 1.54) is 11.0 Å². The highest BCUT2D eigenvalue weighted by atomic mass is 32.2. The van der Waals surface area contributed by atoms with Gasteiger partial charge in [-0.15, -0.1) is 0 Å². The second kappa shape index (κ2) is 6.96. The molecule has 0 N–H and O–H groups in total. The molecule has 0 unspecified atom stereocenters. The summed E-state index contributed by atoms with van der Waals surface area (Å²) in [7, 11) is -3.40. The molecule has 0 amide bonds. The molecule has 0 aromatic heterocycles. The summed E-state index contributed by atoms with van der Waals surface area (Å²) in [6.07, 6.45) is 2.59. The van der Waals surface area contributed by atoms with Crippen LogP contribution in [0.2, 0.25) is 0 Å². The SMILES string of the molecule is CC(C)(/C=C/S(=O)(=O)N1CCc2ccccc2C1)N1CCOCC1. The lowest BCUT2D eigenvalue weighted by molar-refractivity contribution is 0.00479. The van der Waals surface area contributed by atoms with Crippen LogP contribution in [0.5, 0.6) is 0 Å². The van der Waals surface area contributed by atoms with Crippen molar-refractivity contribution in [1.82, 2.24) is 9.21 Å². The first kappa shape index (κ1) is 17.6. The molecule has 3 rings (SSSR count). The summed E-state index contributed by atoms with van der Waals surface area (Å²) in [5.74, 6) is 0. The minimum atomic E-state index is -3.40. The van der Waals surface area contributed by atoms with Crippen molar-refractivity contribution in [2.75, 3.05) is 32.8 Å². The Balaban J connectivity index is 1.72. The molecule has 0 aliphatic carbocycles. The maximum absolute atomic E-state index is 12.7. The van der Waals surface area contributed by atoms with Gasteiger partial charge in [-0.25, -0.2) is 8.42 Å². The first-order chi connectivity index (χ1) is 11.4. The van der Waals surface area contributed by atoms with E-state index in [1.54, 1.807) is 4.31 Å². The van der Waals surface area contributed by atoms with Gasteiger partial charge in [0.2, 0.25) is 10.0 Å². The molecule has 2 heterocycles. The normalized spacial score (nSPS) is 21.1. The van der Waals surface area contributed by atoms with Gasteiger partial charge < -0.3 is 4.74 Å². The number of hydrogen-bond acceptors (Lipinski definition) is 4. The summed E-state index contributed by atoms with van der Waals surface area (Å²) in [4.78, 5) is 2.26. The van der Waals surface area contributed by atoms with E-state index in [9.17, 15) is 8.42 Å². The molecule has 5 nitrogen and oxygen atoms in total.